The van der Waals surface area contributed by atoms with E-state index in [1.54, 1.807) is 6.07 Å². The molecule has 1 aromatic carbocycles. The molecule has 2 unspecified atom stereocenters. The Morgan fingerprint density at radius 1 is 1.31 bits per heavy atom. The summed E-state index contributed by atoms with van der Waals surface area (Å²) in [6.45, 7) is 8.39. The molecule has 1 fully saturated rings. The van der Waals surface area contributed by atoms with Crippen LogP contribution in [0.4, 0.5) is 0 Å². The summed E-state index contributed by atoms with van der Waals surface area (Å²) in [6, 6.07) is 6.97. The minimum Gasteiger partial charge on any atom is -0.341 e. The van der Waals surface area contributed by atoms with E-state index in [2.05, 4.69) is 10.6 Å². The highest BCUT2D eigenvalue weighted by Crippen LogP contribution is 2.18. The number of hydrogen-bond donors (Lipinski definition) is 2. The molecule has 5 nitrogen and oxygen atoms in total. The summed E-state index contributed by atoms with van der Waals surface area (Å²) in [5.41, 5.74) is 1.64. The lowest BCUT2D eigenvalue weighted by atomic mass is 9.95. The normalized spacial score (nSPS) is 18.2. The SMILES string of the molecule is CNCC1CCCN(C(=O)C(NC(=O)c2cccc(C)c2)C(C)C)C1.Cl. The lowest BCUT2D eigenvalue weighted by Gasteiger charge is -2.36. The molecule has 2 N–H and O–H groups in total. The smallest absolute Gasteiger partial charge is 0.251 e. The zero-order chi connectivity index (χ0) is 18.4. The van der Waals surface area contributed by atoms with Crippen LogP contribution >= 0.6 is 12.4 Å². The summed E-state index contributed by atoms with van der Waals surface area (Å²) >= 11 is 0. The fraction of sp³-hybridized carbons (Fsp3) is 0.600. The van der Waals surface area contributed by atoms with E-state index in [9.17, 15) is 9.59 Å². The second-order valence-corrected chi connectivity index (χ2v) is 7.41. The third kappa shape index (κ3) is 5.99. The molecule has 0 saturated carbocycles. The topological polar surface area (TPSA) is 61.4 Å². The van der Waals surface area contributed by atoms with Crippen molar-refractivity contribution in [1.82, 2.24) is 15.5 Å². The van der Waals surface area contributed by atoms with E-state index in [0.717, 1.165) is 38.0 Å². The van der Waals surface area contributed by atoms with Crippen LogP contribution in [-0.4, -0.2) is 49.4 Å². The number of carbonyl (C=O) groups is 2. The number of amides is 2. The Labute approximate surface area is 163 Å². The Kier molecular flexibility index (Phi) is 9.09. The summed E-state index contributed by atoms with van der Waals surface area (Å²) < 4.78 is 0. The Morgan fingerprint density at radius 2 is 2.04 bits per heavy atom. The van der Waals surface area contributed by atoms with Gasteiger partial charge in [-0.05, 0) is 57.3 Å². The van der Waals surface area contributed by atoms with Crippen molar-refractivity contribution >= 4 is 24.2 Å². The van der Waals surface area contributed by atoms with E-state index in [1.165, 1.54) is 0 Å². The van der Waals surface area contributed by atoms with E-state index < -0.39 is 6.04 Å². The van der Waals surface area contributed by atoms with E-state index in [-0.39, 0.29) is 30.1 Å². The van der Waals surface area contributed by atoms with E-state index >= 15 is 0 Å². The first-order valence-electron chi connectivity index (χ1n) is 9.23. The number of nitrogens with zero attached hydrogens (tertiary/aromatic N) is 1. The maximum atomic E-state index is 13.0. The van der Waals surface area contributed by atoms with Gasteiger partial charge in [-0.3, -0.25) is 9.59 Å². The highest BCUT2D eigenvalue weighted by Gasteiger charge is 2.31. The Morgan fingerprint density at radius 3 is 2.65 bits per heavy atom. The third-order valence-electron chi connectivity index (χ3n) is 4.82. The Bertz CT molecular complexity index is 604. The van der Waals surface area contributed by atoms with Gasteiger partial charge in [0.25, 0.3) is 5.91 Å². The number of likely N-dealkylation sites (tertiary alicyclic amines) is 1. The summed E-state index contributed by atoms with van der Waals surface area (Å²) in [6.07, 6.45) is 2.17. The van der Waals surface area contributed by atoms with Crippen molar-refractivity contribution in [1.29, 1.82) is 0 Å². The predicted molar refractivity (Wildman–Crippen MR) is 108 cm³/mol. The summed E-state index contributed by atoms with van der Waals surface area (Å²) in [4.78, 5) is 27.5. The zero-order valence-corrected chi connectivity index (χ0v) is 17.1. The van der Waals surface area contributed by atoms with Gasteiger partial charge in [-0.25, -0.2) is 0 Å². The number of benzene rings is 1. The lowest BCUT2D eigenvalue weighted by Crippen LogP contribution is -2.54. The van der Waals surface area contributed by atoms with Crippen LogP contribution in [0, 0.1) is 18.8 Å². The molecule has 0 aromatic heterocycles. The molecule has 6 heteroatoms. The molecule has 0 spiro atoms. The van der Waals surface area contributed by atoms with Gasteiger partial charge in [-0.2, -0.15) is 0 Å². The molecule has 1 aliphatic rings. The first-order chi connectivity index (χ1) is 11.9. The summed E-state index contributed by atoms with van der Waals surface area (Å²) in [7, 11) is 1.94. The average molecular weight is 382 g/mol. The van der Waals surface area contributed by atoms with Crippen molar-refractivity contribution < 1.29 is 9.59 Å². The van der Waals surface area contributed by atoms with Gasteiger partial charge >= 0.3 is 0 Å². The fourth-order valence-corrected chi connectivity index (χ4v) is 3.44. The minimum atomic E-state index is -0.485. The van der Waals surface area contributed by atoms with E-state index in [0.29, 0.717) is 11.5 Å². The van der Waals surface area contributed by atoms with Crippen molar-refractivity contribution in [3.63, 3.8) is 0 Å². The Hall–Kier alpha value is -1.59. The second-order valence-electron chi connectivity index (χ2n) is 7.41. The van der Waals surface area contributed by atoms with Crippen LogP contribution in [0.1, 0.15) is 42.6 Å². The number of nitrogens with one attached hydrogen (secondary N) is 2. The number of rotatable bonds is 6. The lowest BCUT2D eigenvalue weighted by molar-refractivity contribution is -0.136. The first kappa shape index (κ1) is 22.5. The maximum Gasteiger partial charge on any atom is 0.251 e. The summed E-state index contributed by atoms with van der Waals surface area (Å²) in [5.74, 6) is 0.394. The van der Waals surface area contributed by atoms with Gasteiger partial charge in [0.05, 0.1) is 0 Å². The maximum absolute atomic E-state index is 13.0. The molecule has 0 radical (unpaired) electrons. The monoisotopic (exact) mass is 381 g/mol. The van der Waals surface area contributed by atoms with Crippen molar-refractivity contribution in [3.8, 4) is 0 Å². The second kappa shape index (κ2) is 10.5. The van der Waals surface area contributed by atoms with Crippen LogP contribution in [0.15, 0.2) is 24.3 Å². The highest BCUT2D eigenvalue weighted by molar-refractivity contribution is 5.97. The molecule has 1 saturated heterocycles. The Balaban J connectivity index is 0.00000338. The van der Waals surface area contributed by atoms with Crippen LogP contribution in [0.2, 0.25) is 0 Å². The predicted octanol–water partition coefficient (Wildman–Crippen LogP) is 2.63. The zero-order valence-electron chi connectivity index (χ0n) is 16.2. The quantitative estimate of drug-likeness (QED) is 0.796. The largest absolute Gasteiger partial charge is 0.341 e. The van der Waals surface area contributed by atoms with Crippen molar-refractivity contribution in [2.45, 2.75) is 39.7 Å². The number of aryl methyl sites for hydroxylation is 1. The standard InChI is InChI=1S/C20H31N3O2.ClH/c1-14(2)18(22-19(24)17-9-5-7-15(3)11-17)20(25)23-10-6-8-16(13-23)12-21-4;/h5,7,9,11,14,16,18,21H,6,8,10,12-13H2,1-4H3,(H,22,24);1H. The molecule has 1 aromatic rings. The molecule has 26 heavy (non-hydrogen) atoms. The number of hydrogen-bond acceptors (Lipinski definition) is 3. The van der Waals surface area contributed by atoms with Crippen LogP contribution < -0.4 is 10.6 Å². The van der Waals surface area contributed by atoms with Crippen molar-refractivity contribution in [2.24, 2.45) is 11.8 Å². The first-order valence-corrected chi connectivity index (χ1v) is 9.23. The molecule has 0 bridgehead atoms. The molecule has 0 aliphatic carbocycles. The van der Waals surface area contributed by atoms with Gasteiger partial charge in [-0.15, -0.1) is 12.4 Å². The van der Waals surface area contributed by atoms with Gasteiger partial charge in [0, 0.05) is 18.7 Å². The van der Waals surface area contributed by atoms with Crippen LogP contribution in [-0.2, 0) is 4.79 Å². The summed E-state index contributed by atoms with van der Waals surface area (Å²) in [5, 5.41) is 6.16. The van der Waals surface area contributed by atoms with Gasteiger partial charge < -0.3 is 15.5 Å². The van der Waals surface area contributed by atoms with Gasteiger partial charge in [-0.1, -0.05) is 31.5 Å². The number of carbonyl (C=O) groups excluding carboxylic acids is 2. The molecular weight excluding hydrogens is 350 g/mol. The van der Waals surface area contributed by atoms with Gasteiger partial charge in [0.2, 0.25) is 5.91 Å². The molecule has 2 amide bonds. The molecular formula is C20H32ClN3O2. The van der Waals surface area contributed by atoms with Crippen molar-refractivity contribution in [3.05, 3.63) is 35.4 Å². The van der Waals surface area contributed by atoms with Crippen LogP contribution in [0.3, 0.4) is 0 Å². The van der Waals surface area contributed by atoms with E-state index in [1.807, 2.05) is 50.9 Å². The minimum absolute atomic E-state index is 0. The van der Waals surface area contributed by atoms with Gasteiger partial charge in [0.15, 0.2) is 0 Å². The molecule has 1 aliphatic heterocycles. The van der Waals surface area contributed by atoms with Crippen LogP contribution in [0.25, 0.3) is 0 Å². The van der Waals surface area contributed by atoms with E-state index in [4.69, 9.17) is 0 Å². The van der Waals surface area contributed by atoms with Crippen molar-refractivity contribution in [2.75, 3.05) is 26.7 Å². The highest BCUT2D eigenvalue weighted by atomic mass is 35.5. The molecule has 2 rings (SSSR count). The third-order valence-corrected chi connectivity index (χ3v) is 4.82. The molecule has 2 atom stereocenters. The van der Waals surface area contributed by atoms with Gasteiger partial charge in [0.1, 0.15) is 6.04 Å². The number of halogens is 1. The fourth-order valence-electron chi connectivity index (χ4n) is 3.44. The average Bonchev–Trinajstić information content (AvgIpc) is 2.59. The molecule has 146 valence electrons. The number of piperidine rings is 1. The van der Waals surface area contributed by atoms with Crippen LogP contribution in [0.5, 0.6) is 0 Å². The molecule has 1 heterocycles.